The van der Waals surface area contributed by atoms with Crippen LogP contribution in [0.1, 0.15) is 12.5 Å². The Labute approximate surface area is 87.5 Å². The van der Waals surface area contributed by atoms with Crippen LogP contribution in [-0.2, 0) is 16.0 Å². The van der Waals surface area contributed by atoms with Crippen LogP contribution in [0.25, 0.3) is 0 Å². The lowest BCUT2D eigenvalue weighted by Crippen LogP contribution is -2.14. The largest absolute Gasteiger partial charge is 0.494 e. The zero-order valence-corrected chi connectivity index (χ0v) is 8.40. The molecule has 0 aromatic heterocycles. The molecule has 1 aromatic rings. The molecule has 0 aliphatic heterocycles. The molecule has 0 aliphatic rings. The summed E-state index contributed by atoms with van der Waals surface area (Å²) in [5, 5.41) is 8.44. The average molecular weight is 208 g/mol. The van der Waals surface area contributed by atoms with Crippen molar-refractivity contribution < 1.29 is 19.4 Å². The van der Waals surface area contributed by atoms with E-state index in [9.17, 15) is 9.59 Å². The van der Waals surface area contributed by atoms with Gasteiger partial charge < -0.3 is 9.84 Å². The van der Waals surface area contributed by atoms with E-state index in [-0.39, 0.29) is 6.42 Å². The Kier molecular flexibility index (Phi) is 3.85. The molecule has 4 heteroatoms. The number of carbonyl (C=O) groups excluding carboxylic acids is 1. The van der Waals surface area contributed by atoms with Gasteiger partial charge in [0.1, 0.15) is 5.75 Å². The number of hydrogen-bond donors (Lipinski definition) is 1. The first-order valence-corrected chi connectivity index (χ1v) is 4.61. The van der Waals surface area contributed by atoms with Gasteiger partial charge in [0, 0.05) is 6.42 Å². The lowest BCUT2D eigenvalue weighted by molar-refractivity contribution is -0.148. The minimum Gasteiger partial charge on any atom is -0.494 e. The maximum Gasteiger partial charge on any atom is 0.372 e. The van der Waals surface area contributed by atoms with Crippen molar-refractivity contribution in [1.29, 1.82) is 0 Å². The highest BCUT2D eigenvalue weighted by atomic mass is 16.5. The molecule has 0 bridgehead atoms. The fourth-order valence-electron chi connectivity index (χ4n) is 1.17. The number of hydrogen-bond acceptors (Lipinski definition) is 3. The van der Waals surface area contributed by atoms with E-state index in [0.717, 1.165) is 0 Å². The molecule has 0 heterocycles. The third-order valence-corrected chi connectivity index (χ3v) is 1.81. The topological polar surface area (TPSA) is 63.6 Å². The van der Waals surface area contributed by atoms with Crippen LogP contribution >= 0.6 is 0 Å². The number of carboxylic acid groups (broad SMARTS) is 1. The molecule has 0 unspecified atom stereocenters. The Bertz CT molecular complexity index is 371. The van der Waals surface area contributed by atoms with Gasteiger partial charge in [-0.1, -0.05) is 12.1 Å². The van der Waals surface area contributed by atoms with Crippen molar-refractivity contribution in [2.75, 3.05) is 6.61 Å². The summed E-state index contributed by atoms with van der Waals surface area (Å²) in [6.45, 7) is 2.39. The molecule has 0 saturated heterocycles. The van der Waals surface area contributed by atoms with Crippen LogP contribution in [0.15, 0.2) is 24.3 Å². The third kappa shape index (κ3) is 3.42. The normalized spacial score (nSPS) is 9.67. The number of carboxylic acids is 1. The molecular weight excluding hydrogens is 196 g/mol. The lowest BCUT2D eigenvalue weighted by atomic mass is 10.1. The second-order valence-corrected chi connectivity index (χ2v) is 2.99. The Hall–Kier alpha value is -1.84. The molecule has 0 spiro atoms. The molecule has 1 aromatic carbocycles. The van der Waals surface area contributed by atoms with Gasteiger partial charge in [-0.3, -0.25) is 4.79 Å². The first-order valence-electron chi connectivity index (χ1n) is 4.61. The molecule has 0 atom stereocenters. The van der Waals surface area contributed by atoms with E-state index >= 15 is 0 Å². The molecule has 0 aliphatic carbocycles. The smallest absolute Gasteiger partial charge is 0.372 e. The van der Waals surface area contributed by atoms with Gasteiger partial charge in [-0.05, 0) is 24.6 Å². The van der Waals surface area contributed by atoms with Gasteiger partial charge in [0.25, 0.3) is 0 Å². The highest BCUT2D eigenvalue weighted by Gasteiger charge is 2.12. The van der Waals surface area contributed by atoms with Crippen molar-refractivity contribution in [3.8, 4) is 5.75 Å². The predicted molar refractivity (Wildman–Crippen MR) is 54.0 cm³/mol. The number of ketones is 1. The lowest BCUT2D eigenvalue weighted by Gasteiger charge is -2.04. The molecule has 4 nitrogen and oxygen atoms in total. The number of benzene rings is 1. The summed E-state index contributed by atoms with van der Waals surface area (Å²) in [7, 11) is 0. The molecule has 0 radical (unpaired) electrons. The summed E-state index contributed by atoms with van der Waals surface area (Å²) in [4.78, 5) is 21.3. The highest BCUT2D eigenvalue weighted by Crippen LogP contribution is 2.13. The summed E-state index contributed by atoms with van der Waals surface area (Å²) in [6.07, 6.45) is -0.101. The maximum atomic E-state index is 10.9. The van der Waals surface area contributed by atoms with E-state index in [4.69, 9.17) is 9.84 Å². The molecule has 0 amide bonds. The summed E-state index contributed by atoms with van der Waals surface area (Å²) >= 11 is 0. The number of carbonyl (C=O) groups is 2. The summed E-state index contributed by atoms with van der Waals surface area (Å²) < 4.78 is 5.23. The minimum atomic E-state index is -1.41. The standard InChI is InChI=1S/C11H12O4/c1-2-15-9-5-3-4-8(6-9)7-10(12)11(13)14/h3-6H,2,7H2,1H3,(H,13,14). The van der Waals surface area contributed by atoms with E-state index < -0.39 is 11.8 Å². The Morgan fingerprint density at radius 1 is 1.40 bits per heavy atom. The molecule has 80 valence electrons. The van der Waals surface area contributed by atoms with Gasteiger partial charge in [0.2, 0.25) is 5.78 Å². The second-order valence-electron chi connectivity index (χ2n) is 2.99. The Morgan fingerprint density at radius 3 is 2.73 bits per heavy atom. The molecule has 1 rings (SSSR count). The number of rotatable bonds is 5. The van der Waals surface area contributed by atoms with Crippen molar-refractivity contribution >= 4 is 11.8 Å². The van der Waals surface area contributed by atoms with E-state index in [1.807, 2.05) is 6.92 Å². The van der Waals surface area contributed by atoms with Gasteiger partial charge in [-0.25, -0.2) is 4.79 Å². The van der Waals surface area contributed by atoms with Crippen molar-refractivity contribution in [2.24, 2.45) is 0 Å². The third-order valence-electron chi connectivity index (χ3n) is 1.81. The first kappa shape index (κ1) is 11.2. The van der Waals surface area contributed by atoms with Crippen molar-refractivity contribution in [2.45, 2.75) is 13.3 Å². The molecule has 0 fully saturated rings. The second kappa shape index (κ2) is 5.14. The van der Waals surface area contributed by atoms with Gasteiger partial charge >= 0.3 is 5.97 Å². The van der Waals surface area contributed by atoms with Gasteiger partial charge in [0.15, 0.2) is 0 Å². The molecular formula is C11H12O4. The van der Waals surface area contributed by atoms with Crippen molar-refractivity contribution in [3.63, 3.8) is 0 Å². The highest BCUT2D eigenvalue weighted by molar-refractivity contribution is 6.33. The van der Waals surface area contributed by atoms with E-state index in [0.29, 0.717) is 17.9 Å². The number of aliphatic carboxylic acids is 1. The van der Waals surface area contributed by atoms with Gasteiger partial charge in [0.05, 0.1) is 6.61 Å². The molecule has 15 heavy (non-hydrogen) atoms. The average Bonchev–Trinajstić information content (AvgIpc) is 2.18. The van der Waals surface area contributed by atoms with E-state index in [2.05, 4.69) is 0 Å². The van der Waals surface area contributed by atoms with Crippen LogP contribution < -0.4 is 4.74 Å². The number of ether oxygens (including phenoxy) is 1. The van der Waals surface area contributed by atoms with Crippen LogP contribution in [0.3, 0.4) is 0 Å². The van der Waals surface area contributed by atoms with Gasteiger partial charge in [-0.2, -0.15) is 0 Å². The summed E-state index contributed by atoms with van der Waals surface area (Å²) in [6, 6.07) is 6.86. The Balaban J connectivity index is 2.73. The van der Waals surface area contributed by atoms with Crippen LogP contribution in [0.5, 0.6) is 5.75 Å². The van der Waals surface area contributed by atoms with Crippen molar-refractivity contribution in [1.82, 2.24) is 0 Å². The zero-order chi connectivity index (χ0) is 11.3. The molecule has 0 saturated carbocycles. The first-order chi connectivity index (χ1) is 7.13. The summed E-state index contributed by atoms with van der Waals surface area (Å²) in [5.74, 6) is -1.58. The number of Topliss-reactive ketones (excluding diaryl/α,β-unsaturated/α-hetero) is 1. The fraction of sp³-hybridized carbons (Fsp3) is 0.273. The monoisotopic (exact) mass is 208 g/mol. The zero-order valence-electron chi connectivity index (χ0n) is 8.40. The van der Waals surface area contributed by atoms with Gasteiger partial charge in [-0.15, -0.1) is 0 Å². The quantitative estimate of drug-likeness (QED) is 0.740. The molecule has 1 N–H and O–H groups in total. The maximum absolute atomic E-state index is 10.9. The fourth-order valence-corrected chi connectivity index (χ4v) is 1.17. The SMILES string of the molecule is CCOc1cccc(CC(=O)C(=O)O)c1. The van der Waals surface area contributed by atoms with Crippen molar-refractivity contribution in [3.05, 3.63) is 29.8 Å². The van der Waals surface area contributed by atoms with Crippen LogP contribution in [-0.4, -0.2) is 23.5 Å². The summed E-state index contributed by atoms with van der Waals surface area (Å²) in [5.41, 5.74) is 0.647. The van der Waals surface area contributed by atoms with Crippen LogP contribution in [0.4, 0.5) is 0 Å². The van der Waals surface area contributed by atoms with E-state index in [1.54, 1.807) is 24.3 Å². The van der Waals surface area contributed by atoms with Crippen LogP contribution in [0, 0.1) is 0 Å². The predicted octanol–water partition coefficient (Wildman–Crippen LogP) is 1.28. The minimum absolute atomic E-state index is 0.101. The Morgan fingerprint density at radius 2 is 2.13 bits per heavy atom. The van der Waals surface area contributed by atoms with Crippen LogP contribution in [0.2, 0.25) is 0 Å². The van der Waals surface area contributed by atoms with E-state index in [1.165, 1.54) is 0 Å².